The van der Waals surface area contributed by atoms with Crippen LogP contribution in [0.1, 0.15) is 11.3 Å². The number of carbonyl (C=O) groups is 1. The van der Waals surface area contributed by atoms with Crippen molar-refractivity contribution in [2.24, 2.45) is 0 Å². The number of hydrogen-bond donors (Lipinski definition) is 1. The molecule has 2 aromatic heterocycles. The molecule has 0 radical (unpaired) electrons. The van der Waals surface area contributed by atoms with E-state index in [0.29, 0.717) is 17.1 Å². The van der Waals surface area contributed by atoms with Gasteiger partial charge in [-0.1, -0.05) is 42.5 Å². The van der Waals surface area contributed by atoms with Crippen LogP contribution in [0.5, 0.6) is 0 Å². The van der Waals surface area contributed by atoms with Gasteiger partial charge >= 0.3 is 5.97 Å². The highest BCUT2D eigenvalue weighted by molar-refractivity contribution is 5.95. The van der Waals surface area contributed by atoms with Crippen LogP contribution in [0, 0.1) is 6.92 Å². The molecule has 7 heteroatoms. The van der Waals surface area contributed by atoms with Gasteiger partial charge in [0, 0.05) is 5.56 Å². The fourth-order valence-corrected chi connectivity index (χ4v) is 3.03. The van der Waals surface area contributed by atoms with Gasteiger partial charge in [-0.3, -0.25) is 14.7 Å². The monoisotopic (exact) mass is 348 g/mol. The minimum atomic E-state index is -0.485. The molecule has 2 heterocycles. The molecule has 0 aliphatic rings. The summed E-state index contributed by atoms with van der Waals surface area (Å²) in [6, 6.07) is 13.8. The Bertz CT molecular complexity index is 1200. The fraction of sp³-hybridized carbons (Fsp3) is 0.158. The summed E-state index contributed by atoms with van der Waals surface area (Å²) in [5.74, 6) is 0.325. The predicted molar refractivity (Wildman–Crippen MR) is 97.0 cm³/mol. The van der Waals surface area contributed by atoms with Crippen molar-refractivity contribution in [3.05, 3.63) is 64.1 Å². The van der Waals surface area contributed by atoms with Gasteiger partial charge in [0.25, 0.3) is 11.3 Å². The number of esters is 1. The Labute approximate surface area is 148 Å². The van der Waals surface area contributed by atoms with E-state index in [2.05, 4.69) is 19.8 Å². The third kappa shape index (κ3) is 2.54. The minimum Gasteiger partial charge on any atom is -0.469 e. The lowest BCUT2D eigenvalue weighted by atomic mass is 10.0. The molecule has 0 fully saturated rings. The van der Waals surface area contributed by atoms with Crippen LogP contribution in [-0.4, -0.2) is 32.7 Å². The summed E-state index contributed by atoms with van der Waals surface area (Å²) in [6.45, 7) is 1.69. The summed E-state index contributed by atoms with van der Waals surface area (Å²) in [7, 11) is 1.29. The summed E-state index contributed by atoms with van der Waals surface area (Å²) in [4.78, 5) is 33.2. The van der Waals surface area contributed by atoms with Crippen molar-refractivity contribution in [1.82, 2.24) is 19.6 Å². The molecule has 0 amide bonds. The normalized spacial score (nSPS) is 11.2. The number of aromatic nitrogens is 4. The number of methoxy groups -OCH3 is 1. The summed E-state index contributed by atoms with van der Waals surface area (Å²) < 4.78 is 5.92. The summed E-state index contributed by atoms with van der Waals surface area (Å²) in [6.07, 6.45) is -0.125. The van der Waals surface area contributed by atoms with Gasteiger partial charge in [-0.15, -0.1) is 0 Å². The first-order chi connectivity index (χ1) is 12.6. The number of ether oxygens (including phenoxy) is 1. The SMILES string of the molecule is COC(=O)Cc1c(C)nc2nc(-c3cccc4ccccc34)[nH]n2c1=O. The molecule has 130 valence electrons. The maximum atomic E-state index is 12.8. The smallest absolute Gasteiger partial charge is 0.310 e. The van der Waals surface area contributed by atoms with E-state index in [9.17, 15) is 9.59 Å². The number of rotatable bonds is 3. The molecule has 1 N–H and O–H groups in total. The van der Waals surface area contributed by atoms with Gasteiger partial charge in [0.1, 0.15) is 0 Å². The number of carbonyl (C=O) groups excluding carboxylic acids is 1. The van der Waals surface area contributed by atoms with Gasteiger partial charge in [-0.2, -0.15) is 9.50 Å². The number of fused-ring (bicyclic) bond motifs is 2. The standard InChI is InChI=1S/C19H16N4O3/c1-11-15(10-16(24)26-2)18(25)23-19(20-11)21-17(22-23)14-9-5-7-12-6-3-4-8-13(12)14/h3-9H,10H2,1-2H3,(H,20,21,22). The van der Waals surface area contributed by atoms with Gasteiger partial charge in [0.2, 0.25) is 0 Å². The Balaban J connectivity index is 1.92. The van der Waals surface area contributed by atoms with Crippen molar-refractivity contribution in [2.75, 3.05) is 7.11 Å². The molecule has 0 atom stereocenters. The second kappa shape index (κ2) is 6.11. The lowest BCUT2D eigenvalue weighted by Gasteiger charge is -2.03. The highest BCUT2D eigenvalue weighted by Gasteiger charge is 2.17. The zero-order valence-electron chi connectivity index (χ0n) is 14.3. The first kappa shape index (κ1) is 16.0. The lowest BCUT2D eigenvalue weighted by Crippen LogP contribution is -2.24. The topological polar surface area (TPSA) is 89.3 Å². The second-order valence-electron chi connectivity index (χ2n) is 5.97. The molecule has 7 nitrogen and oxygen atoms in total. The van der Waals surface area contributed by atoms with E-state index in [1.54, 1.807) is 6.92 Å². The molecular weight excluding hydrogens is 332 g/mol. The van der Waals surface area contributed by atoms with Crippen LogP contribution >= 0.6 is 0 Å². The largest absolute Gasteiger partial charge is 0.469 e. The third-order valence-electron chi connectivity index (χ3n) is 4.39. The van der Waals surface area contributed by atoms with Crippen LogP contribution in [-0.2, 0) is 16.0 Å². The number of aryl methyl sites for hydroxylation is 1. The highest BCUT2D eigenvalue weighted by atomic mass is 16.5. The molecule has 26 heavy (non-hydrogen) atoms. The Morgan fingerprint density at radius 2 is 1.92 bits per heavy atom. The number of nitrogens with one attached hydrogen (secondary N) is 1. The van der Waals surface area contributed by atoms with Crippen molar-refractivity contribution in [3.63, 3.8) is 0 Å². The summed E-state index contributed by atoms with van der Waals surface area (Å²) in [5.41, 5.74) is 1.29. The average Bonchev–Trinajstić information content (AvgIpc) is 3.08. The molecule has 0 saturated carbocycles. The molecule has 0 aliphatic carbocycles. The molecule has 2 aromatic carbocycles. The van der Waals surface area contributed by atoms with E-state index in [4.69, 9.17) is 0 Å². The van der Waals surface area contributed by atoms with Crippen LogP contribution in [0.15, 0.2) is 47.3 Å². The van der Waals surface area contributed by atoms with Gasteiger partial charge in [-0.05, 0) is 17.7 Å². The highest BCUT2D eigenvalue weighted by Crippen LogP contribution is 2.26. The average molecular weight is 348 g/mol. The predicted octanol–water partition coefficient (Wildman–Crippen LogP) is 2.26. The number of nitrogens with zero attached hydrogens (tertiary/aromatic N) is 3. The Kier molecular flexibility index (Phi) is 3.76. The van der Waals surface area contributed by atoms with Crippen LogP contribution in [0.2, 0.25) is 0 Å². The van der Waals surface area contributed by atoms with Crippen molar-refractivity contribution < 1.29 is 9.53 Å². The molecular formula is C19H16N4O3. The maximum Gasteiger partial charge on any atom is 0.310 e. The summed E-state index contributed by atoms with van der Waals surface area (Å²) in [5, 5.41) is 5.11. The number of hydrogen-bond acceptors (Lipinski definition) is 5. The first-order valence-electron chi connectivity index (χ1n) is 8.11. The van der Waals surface area contributed by atoms with Crippen molar-refractivity contribution in [1.29, 1.82) is 0 Å². The van der Waals surface area contributed by atoms with Crippen LogP contribution < -0.4 is 5.56 Å². The summed E-state index contributed by atoms with van der Waals surface area (Å²) >= 11 is 0. The van der Waals surface area contributed by atoms with E-state index in [1.165, 1.54) is 11.6 Å². The minimum absolute atomic E-state index is 0.125. The Hall–Kier alpha value is -3.48. The first-order valence-corrected chi connectivity index (χ1v) is 8.11. The van der Waals surface area contributed by atoms with Gasteiger partial charge in [0.15, 0.2) is 5.82 Å². The van der Waals surface area contributed by atoms with Crippen LogP contribution in [0.3, 0.4) is 0 Å². The zero-order chi connectivity index (χ0) is 18.3. The number of benzene rings is 2. The molecule has 4 aromatic rings. The molecule has 0 spiro atoms. The zero-order valence-corrected chi connectivity index (χ0v) is 14.3. The molecule has 0 saturated heterocycles. The maximum absolute atomic E-state index is 12.8. The third-order valence-corrected chi connectivity index (χ3v) is 4.39. The van der Waals surface area contributed by atoms with Gasteiger partial charge in [0.05, 0.1) is 24.8 Å². The lowest BCUT2D eigenvalue weighted by molar-refractivity contribution is -0.139. The second-order valence-corrected chi connectivity index (χ2v) is 5.97. The fourth-order valence-electron chi connectivity index (χ4n) is 3.03. The van der Waals surface area contributed by atoms with E-state index in [-0.39, 0.29) is 17.8 Å². The van der Waals surface area contributed by atoms with E-state index in [0.717, 1.165) is 16.3 Å². The molecule has 0 aliphatic heterocycles. The molecule has 0 unspecified atom stereocenters. The quantitative estimate of drug-likeness (QED) is 0.574. The Morgan fingerprint density at radius 3 is 2.73 bits per heavy atom. The van der Waals surface area contributed by atoms with Crippen LogP contribution in [0.4, 0.5) is 0 Å². The number of aromatic amines is 1. The van der Waals surface area contributed by atoms with Gasteiger partial charge < -0.3 is 4.74 Å². The van der Waals surface area contributed by atoms with Crippen LogP contribution in [0.25, 0.3) is 27.9 Å². The van der Waals surface area contributed by atoms with E-state index >= 15 is 0 Å². The van der Waals surface area contributed by atoms with Crippen molar-refractivity contribution >= 4 is 22.5 Å². The molecule has 4 rings (SSSR count). The van der Waals surface area contributed by atoms with Crippen molar-refractivity contribution in [2.45, 2.75) is 13.3 Å². The van der Waals surface area contributed by atoms with E-state index in [1.807, 2.05) is 42.5 Å². The van der Waals surface area contributed by atoms with E-state index < -0.39 is 5.97 Å². The van der Waals surface area contributed by atoms with Crippen molar-refractivity contribution in [3.8, 4) is 11.4 Å². The number of H-pyrrole nitrogens is 1. The Morgan fingerprint density at radius 1 is 1.15 bits per heavy atom. The van der Waals surface area contributed by atoms with Gasteiger partial charge in [-0.25, -0.2) is 4.98 Å². The molecule has 0 bridgehead atoms.